The number of nitrogens with one attached hydrogen (secondary N) is 2. The first-order valence-corrected chi connectivity index (χ1v) is 6.93. The highest BCUT2D eigenvalue weighted by Gasteiger charge is 2.14. The second-order valence-electron chi connectivity index (χ2n) is 4.04. The zero-order chi connectivity index (χ0) is 14.7. The van der Waals surface area contributed by atoms with E-state index in [9.17, 15) is 9.59 Å². The Kier molecular flexibility index (Phi) is 3.73. The zero-order valence-corrected chi connectivity index (χ0v) is 11.5. The summed E-state index contributed by atoms with van der Waals surface area (Å²) in [6.07, 6.45) is 1.07. The highest BCUT2D eigenvalue weighted by atomic mass is 32.2. The van der Waals surface area contributed by atoms with E-state index in [-0.39, 0.29) is 24.0 Å². The predicted molar refractivity (Wildman–Crippen MR) is 74.6 cm³/mol. The lowest BCUT2D eigenvalue weighted by Crippen LogP contribution is -2.15. The van der Waals surface area contributed by atoms with Crippen molar-refractivity contribution < 1.29 is 14.3 Å². The highest BCUT2D eigenvalue weighted by molar-refractivity contribution is 7.99. The molecule has 9 heteroatoms. The molecule has 1 amide bonds. The number of amides is 1. The van der Waals surface area contributed by atoms with Crippen LogP contribution in [0.1, 0.15) is 0 Å². The van der Waals surface area contributed by atoms with E-state index in [4.69, 9.17) is 9.47 Å². The molecule has 0 bridgehead atoms. The van der Waals surface area contributed by atoms with Crippen molar-refractivity contribution in [2.24, 2.45) is 0 Å². The molecule has 0 unspecified atom stereocenters. The number of fused-ring (bicyclic) bond motifs is 1. The molecule has 2 aromatic rings. The first kappa shape index (κ1) is 13.4. The molecule has 0 atom stereocenters. The van der Waals surface area contributed by atoms with Crippen LogP contribution >= 0.6 is 11.8 Å². The normalized spacial score (nSPS) is 12.2. The number of carbonyl (C=O) groups is 1. The third-order valence-electron chi connectivity index (χ3n) is 2.55. The summed E-state index contributed by atoms with van der Waals surface area (Å²) in [6, 6.07) is 5.14. The monoisotopic (exact) mass is 306 g/mol. The van der Waals surface area contributed by atoms with Crippen LogP contribution in [0.15, 0.2) is 34.3 Å². The molecule has 1 aliphatic rings. The van der Waals surface area contributed by atoms with Crippen LogP contribution in [-0.2, 0) is 4.79 Å². The van der Waals surface area contributed by atoms with Crippen molar-refractivity contribution in [2.45, 2.75) is 5.16 Å². The molecule has 0 fully saturated rings. The number of carbonyl (C=O) groups excluding carboxylic acids is 1. The molecule has 108 valence electrons. The summed E-state index contributed by atoms with van der Waals surface area (Å²) >= 11 is 1.09. The maximum Gasteiger partial charge on any atom is 0.270 e. The second kappa shape index (κ2) is 5.83. The lowest BCUT2D eigenvalue weighted by atomic mass is 10.3. The first-order chi connectivity index (χ1) is 10.2. The predicted octanol–water partition coefficient (Wildman–Crippen LogP) is 0.624. The molecule has 1 aromatic carbocycles. The lowest BCUT2D eigenvalue weighted by Gasteiger charge is -2.05. The first-order valence-electron chi connectivity index (χ1n) is 5.95. The topological polar surface area (TPSA) is 106 Å². The van der Waals surface area contributed by atoms with Gasteiger partial charge < -0.3 is 14.8 Å². The molecule has 2 N–H and O–H groups in total. The lowest BCUT2D eigenvalue weighted by molar-refractivity contribution is -0.113. The Morgan fingerprint density at radius 2 is 2.24 bits per heavy atom. The quantitative estimate of drug-likeness (QED) is 0.798. The summed E-state index contributed by atoms with van der Waals surface area (Å²) in [5.74, 6) is 1.12. The number of hydrogen-bond donors (Lipinski definition) is 2. The largest absolute Gasteiger partial charge is 0.454 e. The van der Waals surface area contributed by atoms with Gasteiger partial charge in [-0.15, -0.1) is 5.10 Å². The van der Waals surface area contributed by atoms with E-state index in [0.29, 0.717) is 22.3 Å². The third kappa shape index (κ3) is 3.31. The number of aromatic amines is 1. The van der Waals surface area contributed by atoms with Crippen LogP contribution < -0.4 is 20.3 Å². The van der Waals surface area contributed by atoms with E-state index in [0.717, 1.165) is 18.0 Å². The summed E-state index contributed by atoms with van der Waals surface area (Å²) in [4.78, 5) is 25.3. The van der Waals surface area contributed by atoms with Gasteiger partial charge in [-0.1, -0.05) is 11.8 Å². The van der Waals surface area contributed by atoms with Gasteiger partial charge >= 0.3 is 0 Å². The third-order valence-corrected chi connectivity index (χ3v) is 3.41. The van der Waals surface area contributed by atoms with Crippen LogP contribution in [0.4, 0.5) is 5.69 Å². The molecule has 0 spiro atoms. The van der Waals surface area contributed by atoms with E-state index in [2.05, 4.69) is 20.5 Å². The molecule has 0 saturated carbocycles. The van der Waals surface area contributed by atoms with Crippen molar-refractivity contribution in [2.75, 3.05) is 17.9 Å². The van der Waals surface area contributed by atoms with Crippen LogP contribution in [0.3, 0.4) is 0 Å². The molecule has 0 aliphatic carbocycles. The summed E-state index contributed by atoms with van der Waals surface area (Å²) in [6.45, 7) is 0.183. The molecule has 1 aliphatic heterocycles. The average Bonchev–Trinajstić information content (AvgIpc) is 2.93. The van der Waals surface area contributed by atoms with Gasteiger partial charge in [0, 0.05) is 11.8 Å². The van der Waals surface area contributed by atoms with E-state index in [1.54, 1.807) is 18.2 Å². The number of anilines is 1. The van der Waals surface area contributed by atoms with Crippen LogP contribution in [0.5, 0.6) is 11.5 Å². The standard InChI is InChI=1S/C12H10N4O4S/c17-10-4-13-16-12(15-10)21-5-11(18)14-7-1-2-8-9(3-7)20-6-19-8/h1-4H,5-6H2,(H,14,18)(H,15,16,17). The minimum absolute atomic E-state index is 0.100. The molecular formula is C12H10N4O4S. The molecular weight excluding hydrogens is 296 g/mol. The van der Waals surface area contributed by atoms with Gasteiger partial charge in [0.05, 0.1) is 5.75 Å². The molecule has 0 saturated heterocycles. The Balaban J connectivity index is 1.58. The van der Waals surface area contributed by atoms with Crippen LogP contribution in [0.2, 0.25) is 0 Å². The summed E-state index contributed by atoms with van der Waals surface area (Å²) in [5, 5.41) is 10.2. The summed E-state index contributed by atoms with van der Waals surface area (Å²) < 4.78 is 10.4. The maximum atomic E-state index is 11.8. The van der Waals surface area contributed by atoms with Gasteiger partial charge in [0.1, 0.15) is 6.20 Å². The van der Waals surface area contributed by atoms with Crippen LogP contribution in [-0.4, -0.2) is 33.6 Å². The van der Waals surface area contributed by atoms with Crippen molar-refractivity contribution in [3.05, 3.63) is 34.7 Å². The zero-order valence-electron chi connectivity index (χ0n) is 10.7. The van der Waals surface area contributed by atoms with Gasteiger partial charge in [0.2, 0.25) is 12.7 Å². The highest BCUT2D eigenvalue weighted by Crippen LogP contribution is 2.34. The number of aromatic nitrogens is 3. The summed E-state index contributed by atoms with van der Waals surface area (Å²) in [7, 11) is 0. The van der Waals surface area contributed by atoms with Crippen LogP contribution in [0, 0.1) is 0 Å². The number of thioether (sulfide) groups is 1. The Morgan fingerprint density at radius 1 is 1.38 bits per heavy atom. The fourth-order valence-corrected chi connectivity index (χ4v) is 2.28. The van der Waals surface area contributed by atoms with Crippen molar-refractivity contribution >= 4 is 23.4 Å². The number of H-pyrrole nitrogens is 1. The molecule has 21 heavy (non-hydrogen) atoms. The van der Waals surface area contributed by atoms with Crippen molar-refractivity contribution in [1.82, 2.24) is 15.2 Å². The van der Waals surface area contributed by atoms with E-state index in [1.165, 1.54) is 0 Å². The van der Waals surface area contributed by atoms with E-state index >= 15 is 0 Å². The van der Waals surface area contributed by atoms with Crippen molar-refractivity contribution in [3.8, 4) is 11.5 Å². The number of rotatable bonds is 4. The van der Waals surface area contributed by atoms with Crippen molar-refractivity contribution in [1.29, 1.82) is 0 Å². The van der Waals surface area contributed by atoms with Gasteiger partial charge in [-0.2, -0.15) is 5.10 Å². The van der Waals surface area contributed by atoms with Crippen molar-refractivity contribution in [3.63, 3.8) is 0 Å². The number of hydrogen-bond acceptors (Lipinski definition) is 7. The van der Waals surface area contributed by atoms with Gasteiger partial charge in [0.15, 0.2) is 16.7 Å². The second-order valence-corrected chi connectivity index (χ2v) is 5.01. The molecule has 8 nitrogen and oxygen atoms in total. The van der Waals surface area contributed by atoms with E-state index < -0.39 is 0 Å². The average molecular weight is 306 g/mol. The van der Waals surface area contributed by atoms with Gasteiger partial charge in [0.25, 0.3) is 5.56 Å². The minimum Gasteiger partial charge on any atom is -0.454 e. The van der Waals surface area contributed by atoms with E-state index in [1.807, 2.05) is 0 Å². The smallest absolute Gasteiger partial charge is 0.270 e. The Hall–Kier alpha value is -2.55. The fraction of sp³-hybridized carbons (Fsp3) is 0.167. The van der Waals surface area contributed by atoms with Gasteiger partial charge in [-0.05, 0) is 12.1 Å². The van der Waals surface area contributed by atoms with Crippen LogP contribution in [0.25, 0.3) is 0 Å². The summed E-state index contributed by atoms with van der Waals surface area (Å²) in [5.41, 5.74) is 0.251. The number of ether oxygens (including phenoxy) is 2. The minimum atomic E-state index is -0.358. The Bertz CT molecular complexity index is 733. The molecule has 0 radical (unpaired) electrons. The molecule has 1 aromatic heterocycles. The maximum absolute atomic E-state index is 11.8. The molecule has 3 rings (SSSR count). The Labute approximate surface area is 122 Å². The number of nitrogens with zero attached hydrogens (tertiary/aromatic N) is 2. The SMILES string of the molecule is O=C(CSc1nncc(=O)[nH]1)Nc1ccc2c(c1)OCO2. The van der Waals surface area contributed by atoms with Gasteiger partial charge in [-0.3, -0.25) is 14.6 Å². The number of benzene rings is 1. The van der Waals surface area contributed by atoms with Gasteiger partial charge in [-0.25, -0.2) is 0 Å². The molecule has 2 heterocycles. The Morgan fingerprint density at radius 3 is 3.10 bits per heavy atom. The fourth-order valence-electron chi connectivity index (χ4n) is 1.67.